The average molecular weight is 238 g/mol. The number of anilines is 1. The number of aromatic nitrogens is 1. The molecule has 1 aromatic heterocycles. The third kappa shape index (κ3) is 2.49. The van der Waals surface area contributed by atoms with Crippen molar-refractivity contribution in [1.29, 1.82) is 0 Å². The molecular weight excluding hydrogens is 227 g/mol. The zero-order chi connectivity index (χ0) is 11.4. The highest BCUT2D eigenvalue weighted by Crippen LogP contribution is 2.21. The van der Waals surface area contributed by atoms with Crippen LogP contribution < -0.4 is 10.1 Å². The molecule has 0 spiro atoms. The van der Waals surface area contributed by atoms with Crippen molar-refractivity contribution in [2.24, 2.45) is 0 Å². The molecule has 16 heavy (non-hydrogen) atoms. The molecule has 0 aliphatic rings. The number of rotatable bonds is 4. The highest BCUT2D eigenvalue weighted by atomic mass is 32.1. The molecule has 2 aromatic rings. The number of nitrogens with one attached hydrogen (secondary N) is 1. The van der Waals surface area contributed by atoms with Gasteiger partial charge in [-0.1, -0.05) is 0 Å². The van der Waals surface area contributed by atoms with Gasteiger partial charge in [-0.2, -0.15) is 0 Å². The zero-order valence-corrected chi connectivity index (χ0v) is 9.55. The van der Waals surface area contributed by atoms with E-state index in [9.17, 15) is 4.39 Å². The van der Waals surface area contributed by atoms with Crippen molar-refractivity contribution in [2.75, 3.05) is 12.4 Å². The summed E-state index contributed by atoms with van der Waals surface area (Å²) in [7, 11) is 1.56. The average Bonchev–Trinajstić information content (AvgIpc) is 2.81. The summed E-state index contributed by atoms with van der Waals surface area (Å²) in [6.07, 6.45) is 1.76. The molecule has 0 amide bonds. The number of hydrogen-bond donors (Lipinski definition) is 1. The van der Waals surface area contributed by atoms with Gasteiger partial charge in [-0.3, -0.25) is 4.98 Å². The summed E-state index contributed by atoms with van der Waals surface area (Å²) in [6.45, 7) is 0.564. The fourth-order valence-electron chi connectivity index (χ4n) is 1.28. The lowest BCUT2D eigenvalue weighted by molar-refractivity contribution is 0.414. The lowest BCUT2D eigenvalue weighted by Crippen LogP contribution is -2.00. The van der Waals surface area contributed by atoms with Gasteiger partial charge in [-0.05, 0) is 12.1 Å². The van der Waals surface area contributed by atoms with Gasteiger partial charge in [-0.15, -0.1) is 11.3 Å². The van der Waals surface area contributed by atoms with Crippen LogP contribution in [0.2, 0.25) is 0 Å². The highest BCUT2D eigenvalue weighted by Gasteiger charge is 2.04. The monoisotopic (exact) mass is 238 g/mol. The summed E-state index contributed by atoms with van der Waals surface area (Å²) in [5.41, 5.74) is 2.19. The van der Waals surface area contributed by atoms with E-state index < -0.39 is 0 Å². The van der Waals surface area contributed by atoms with Crippen molar-refractivity contribution >= 4 is 17.0 Å². The van der Waals surface area contributed by atoms with Crippen LogP contribution in [0.4, 0.5) is 10.1 Å². The normalized spacial score (nSPS) is 10.1. The van der Waals surface area contributed by atoms with Gasteiger partial charge in [0.15, 0.2) is 0 Å². The number of hydrogen-bond acceptors (Lipinski definition) is 4. The van der Waals surface area contributed by atoms with Crippen LogP contribution in [0.25, 0.3) is 0 Å². The van der Waals surface area contributed by atoms with E-state index in [1.165, 1.54) is 17.4 Å². The molecule has 1 N–H and O–H groups in total. The van der Waals surface area contributed by atoms with Gasteiger partial charge in [0.2, 0.25) is 0 Å². The maximum atomic E-state index is 13.4. The van der Waals surface area contributed by atoms with E-state index in [0.717, 1.165) is 4.88 Å². The first-order valence-electron chi connectivity index (χ1n) is 4.74. The van der Waals surface area contributed by atoms with Crippen molar-refractivity contribution in [3.8, 4) is 5.75 Å². The molecule has 0 unspecified atom stereocenters. The van der Waals surface area contributed by atoms with Crippen molar-refractivity contribution in [3.63, 3.8) is 0 Å². The van der Waals surface area contributed by atoms with E-state index in [2.05, 4.69) is 10.3 Å². The Kier molecular flexibility index (Phi) is 3.36. The van der Waals surface area contributed by atoms with Gasteiger partial charge in [0, 0.05) is 17.1 Å². The van der Waals surface area contributed by atoms with E-state index >= 15 is 0 Å². The van der Waals surface area contributed by atoms with Crippen LogP contribution in [0.5, 0.6) is 5.75 Å². The van der Waals surface area contributed by atoms with Crippen LogP contribution in [-0.4, -0.2) is 12.1 Å². The number of ether oxygens (including phenoxy) is 1. The Morgan fingerprint density at radius 2 is 2.38 bits per heavy atom. The summed E-state index contributed by atoms with van der Waals surface area (Å²) >= 11 is 1.53. The second-order valence-electron chi connectivity index (χ2n) is 3.17. The summed E-state index contributed by atoms with van der Waals surface area (Å²) in [5.74, 6) is 0.346. The molecule has 0 aliphatic carbocycles. The predicted octanol–water partition coefficient (Wildman–Crippen LogP) is 2.90. The van der Waals surface area contributed by atoms with Gasteiger partial charge >= 0.3 is 0 Å². The number of benzene rings is 1. The molecule has 0 saturated carbocycles. The molecule has 0 bridgehead atoms. The Labute approximate surface area is 96.9 Å². The third-order valence-electron chi connectivity index (χ3n) is 2.11. The standard InChI is InChI=1S/C11H11FN2OS/c1-15-8-2-3-10(12)11(4-8)14-6-9-5-13-7-16-9/h2-5,7,14H,6H2,1H3. The predicted molar refractivity (Wildman–Crippen MR) is 62.4 cm³/mol. The molecule has 0 fully saturated rings. The molecule has 1 aromatic carbocycles. The second-order valence-corrected chi connectivity index (χ2v) is 4.14. The highest BCUT2D eigenvalue weighted by molar-refractivity contribution is 7.09. The largest absolute Gasteiger partial charge is 0.497 e. The molecule has 84 valence electrons. The smallest absolute Gasteiger partial charge is 0.146 e. The maximum Gasteiger partial charge on any atom is 0.146 e. The van der Waals surface area contributed by atoms with Gasteiger partial charge in [0.1, 0.15) is 11.6 Å². The first-order chi connectivity index (χ1) is 7.79. The number of thiazole rings is 1. The minimum absolute atomic E-state index is 0.287. The first-order valence-corrected chi connectivity index (χ1v) is 5.62. The Bertz CT molecular complexity index is 459. The molecule has 0 atom stereocenters. The Morgan fingerprint density at radius 1 is 1.50 bits per heavy atom. The van der Waals surface area contributed by atoms with Crippen LogP contribution in [0.15, 0.2) is 29.9 Å². The van der Waals surface area contributed by atoms with Crippen LogP contribution in [-0.2, 0) is 6.54 Å². The van der Waals surface area contributed by atoms with Crippen LogP contribution in [0, 0.1) is 5.82 Å². The number of nitrogens with zero attached hydrogens (tertiary/aromatic N) is 1. The van der Waals surface area contributed by atoms with E-state index in [0.29, 0.717) is 18.0 Å². The minimum atomic E-state index is -0.287. The van der Waals surface area contributed by atoms with Crippen molar-refractivity contribution in [2.45, 2.75) is 6.54 Å². The molecule has 2 rings (SSSR count). The molecular formula is C11H11FN2OS. The summed E-state index contributed by atoms with van der Waals surface area (Å²) in [6, 6.07) is 4.61. The molecule has 1 heterocycles. The second kappa shape index (κ2) is 4.94. The number of methoxy groups -OCH3 is 1. The Hall–Kier alpha value is -1.62. The van der Waals surface area contributed by atoms with E-state index in [1.807, 2.05) is 0 Å². The quantitative estimate of drug-likeness (QED) is 0.889. The Balaban J connectivity index is 2.08. The summed E-state index contributed by atoms with van der Waals surface area (Å²) in [4.78, 5) is 5.01. The van der Waals surface area contributed by atoms with Crippen molar-refractivity contribution in [1.82, 2.24) is 4.98 Å². The van der Waals surface area contributed by atoms with Gasteiger partial charge in [0.25, 0.3) is 0 Å². The number of halogens is 1. The van der Waals surface area contributed by atoms with Crippen molar-refractivity contribution < 1.29 is 9.13 Å². The molecule has 0 saturated heterocycles. The third-order valence-corrected chi connectivity index (χ3v) is 2.89. The zero-order valence-electron chi connectivity index (χ0n) is 8.74. The summed E-state index contributed by atoms with van der Waals surface area (Å²) in [5, 5.41) is 3.01. The molecule has 5 heteroatoms. The van der Waals surface area contributed by atoms with Gasteiger partial charge in [0.05, 0.1) is 24.9 Å². The van der Waals surface area contributed by atoms with Crippen LogP contribution in [0.1, 0.15) is 4.88 Å². The van der Waals surface area contributed by atoms with Crippen LogP contribution in [0.3, 0.4) is 0 Å². The molecule has 3 nitrogen and oxygen atoms in total. The van der Waals surface area contributed by atoms with Gasteiger partial charge < -0.3 is 10.1 Å². The molecule has 0 aliphatic heterocycles. The fraction of sp³-hybridized carbons (Fsp3) is 0.182. The minimum Gasteiger partial charge on any atom is -0.497 e. The maximum absolute atomic E-state index is 13.4. The SMILES string of the molecule is COc1ccc(F)c(NCc2cncs2)c1. The van der Waals surface area contributed by atoms with Gasteiger partial charge in [-0.25, -0.2) is 4.39 Å². The fourth-order valence-corrected chi connectivity index (χ4v) is 1.81. The lowest BCUT2D eigenvalue weighted by Gasteiger charge is -2.07. The lowest BCUT2D eigenvalue weighted by atomic mass is 10.3. The van der Waals surface area contributed by atoms with E-state index in [-0.39, 0.29) is 5.82 Å². The van der Waals surface area contributed by atoms with Crippen LogP contribution >= 0.6 is 11.3 Å². The topological polar surface area (TPSA) is 34.1 Å². The van der Waals surface area contributed by atoms with Crippen molar-refractivity contribution in [3.05, 3.63) is 40.6 Å². The Morgan fingerprint density at radius 3 is 3.06 bits per heavy atom. The van der Waals surface area contributed by atoms with E-state index in [1.54, 1.807) is 30.9 Å². The van der Waals surface area contributed by atoms with E-state index in [4.69, 9.17) is 4.74 Å². The molecule has 0 radical (unpaired) electrons. The summed E-state index contributed by atoms with van der Waals surface area (Å²) < 4.78 is 18.4. The first kappa shape index (κ1) is 10.9.